The first kappa shape index (κ1) is 13.6. The van der Waals surface area contributed by atoms with Crippen molar-refractivity contribution in [2.24, 2.45) is 0 Å². The summed E-state index contributed by atoms with van der Waals surface area (Å²) < 4.78 is 25.8. The van der Waals surface area contributed by atoms with Crippen LogP contribution < -0.4 is 4.72 Å². The summed E-state index contributed by atoms with van der Waals surface area (Å²) in [6.07, 6.45) is 0. The van der Waals surface area contributed by atoms with E-state index in [-0.39, 0.29) is 4.34 Å². The summed E-state index contributed by atoms with van der Waals surface area (Å²) in [5, 5.41) is 8.60. The van der Waals surface area contributed by atoms with Gasteiger partial charge in [0.2, 0.25) is 4.34 Å². The Hall–Kier alpha value is -0.510. The smallest absolute Gasteiger partial charge is 0.321 e. The van der Waals surface area contributed by atoms with Crippen LogP contribution in [0.25, 0.3) is 0 Å². The van der Waals surface area contributed by atoms with Gasteiger partial charge in [-0.1, -0.05) is 11.3 Å². The van der Waals surface area contributed by atoms with Gasteiger partial charge in [-0.05, 0) is 29.8 Å². The minimum Gasteiger partial charge on any atom is -0.480 e. The summed E-state index contributed by atoms with van der Waals surface area (Å²) in [6.45, 7) is 2.90. The first-order valence-corrected chi connectivity index (χ1v) is 7.21. The van der Waals surface area contributed by atoms with E-state index in [9.17, 15) is 13.2 Å². The Bertz CT molecular complexity index is 491. The van der Waals surface area contributed by atoms with Crippen LogP contribution in [0.5, 0.6) is 0 Å². The zero-order valence-corrected chi connectivity index (χ0v) is 11.6. The van der Waals surface area contributed by atoms with Crippen LogP contribution in [0.15, 0.2) is 8.13 Å². The normalized spacial score (nSPS) is 13.7. The molecule has 0 aliphatic rings. The number of sulfonamides is 1. The van der Waals surface area contributed by atoms with E-state index in [4.69, 9.17) is 5.11 Å². The molecule has 1 atom stereocenters. The van der Waals surface area contributed by atoms with Crippen molar-refractivity contribution in [1.29, 1.82) is 0 Å². The van der Waals surface area contributed by atoms with E-state index >= 15 is 0 Å². The number of halogens is 1. The van der Waals surface area contributed by atoms with Crippen molar-refractivity contribution in [3.05, 3.63) is 9.48 Å². The highest BCUT2D eigenvalue weighted by Gasteiger charge is 2.25. The fourth-order valence-electron chi connectivity index (χ4n) is 0.803. The van der Waals surface area contributed by atoms with Crippen molar-refractivity contribution < 1.29 is 18.3 Å². The van der Waals surface area contributed by atoms with Crippen LogP contribution in [0, 0.1) is 6.92 Å². The Labute approximate surface area is 105 Å². The van der Waals surface area contributed by atoms with Crippen LogP contribution in [-0.4, -0.2) is 30.5 Å². The van der Waals surface area contributed by atoms with Gasteiger partial charge >= 0.3 is 5.97 Å². The van der Waals surface area contributed by atoms with E-state index in [1.54, 1.807) is 6.92 Å². The van der Waals surface area contributed by atoms with Gasteiger partial charge in [0.15, 0.2) is 0 Å². The number of rotatable bonds is 4. The lowest BCUT2D eigenvalue weighted by Gasteiger charge is -2.07. The van der Waals surface area contributed by atoms with Crippen LogP contribution in [0.3, 0.4) is 0 Å². The van der Waals surface area contributed by atoms with Gasteiger partial charge in [0.1, 0.15) is 6.04 Å². The molecule has 1 heterocycles. The number of thiazole rings is 1. The lowest BCUT2D eigenvalue weighted by Crippen LogP contribution is -2.38. The molecule has 0 spiro atoms. The number of hydrogen-bond donors (Lipinski definition) is 2. The average Bonchev–Trinajstić information content (AvgIpc) is 2.47. The van der Waals surface area contributed by atoms with E-state index in [0.29, 0.717) is 9.48 Å². The molecule has 9 heteroatoms. The molecular formula is C7H9BrN2O4S2. The quantitative estimate of drug-likeness (QED) is 0.858. The van der Waals surface area contributed by atoms with E-state index in [1.165, 1.54) is 6.92 Å². The molecule has 0 aromatic carbocycles. The fraction of sp³-hybridized carbons (Fsp3) is 0.429. The summed E-state index contributed by atoms with van der Waals surface area (Å²) in [5.74, 6) is -1.24. The molecule has 1 aromatic heterocycles. The third kappa shape index (κ3) is 3.00. The number of nitrogens with zero attached hydrogens (tertiary/aromatic N) is 1. The molecule has 0 fully saturated rings. The predicted molar refractivity (Wildman–Crippen MR) is 62.0 cm³/mol. The van der Waals surface area contributed by atoms with Crippen molar-refractivity contribution >= 4 is 43.3 Å². The maximum atomic E-state index is 11.7. The van der Waals surface area contributed by atoms with Gasteiger partial charge in [-0.25, -0.2) is 13.4 Å². The van der Waals surface area contributed by atoms with E-state index in [2.05, 4.69) is 20.9 Å². The molecule has 0 saturated carbocycles. The third-order valence-corrected chi connectivity index (χ3v) is 5.58. The van der Waals surface area contributed by atoms with Crippen LogP contribution in [0.1, 0.15) is 12.6 Å². The monoisotopic (exact) mass is 328 g/mol. The van der Waals surface area contributed by atoms with E-state index in [1.807, 2.05) is 4.72 Å². The maximum Gasteiger partial charge on any atom is 0.321 e. The minimum absolute atomic E-state index is 0.148. The molecule has 0 aliphatic carbocycles. The zero-order valence-electron chi connectivity index (χ0n) is 8.39. The third-order valence-electron chi connectivity index (χ3n) is 1.65. The molecule has 0 radical (unpaired) electrons. The Morgan fingerprint density at radius 2 is 2.19 bits per heavy atom. The Morgan fingerprint density at radius 1 is 1.62 bits per heavy atom. The van der Waals surface area contributed by atoms with Crippen LogP contribution in [0.4, 0.5) is 0 Å². The second-order valence-corrected chi connectivity index (χ2v) is 7.22. The van der Waals surface area contributed by atoms with Crippen molar-refractivity contribution in [3.63, 3.8) is 0 Å². The van der Waals surface area contributed by atoms with Crippen LogP contribution in [-0.2, 0) is 14.8 Å². The number of carbonyl (C=O) groups is 1. The lowest BCUT2D eigenvalue weighted by atomic mass is 10.4. The lowest BCUT2D eigenvalue weighted by molar-refractivity contribution is -0.138. The van der Waals surface area contributed by atoms with Crippen molar-refractivity contribution in [1.82, 2.24) is 9.71 Å². The highest BCUT2D eigenvalue weighted by Crippen LogP contribution is 2.27. The van der Waals surface area contributed by atoms with E-state index < -0.39 is 22.0 Å². The molecule has 6 nitrogen and oxygen atoms in total. The van der Waals surface area contributed by atoms with Gasteiger partial charge in [0.05, 0.1) is 9.48 Å². The summed E-state index contributed by atoms with van der Waals surface area (Å²) >= 11 is 4.09. The van der Waals surface area contributed by atoms with Gasteiger partial charge in [-0.15, -0.1) is 0 Å². The topological polar surface area (TPSA) is 96.4 Å². The van der Waals surface area contributed by atoms with Gasteiger partial charge < -0.3 is 5.11 Å². The molecule has 1 rings (SSSR count). The Morgan fingerprint density at radius 3 is 2.56 bits per heavy atom. The maximum absolute atomic E-state index is 11.7. The van der Waals surface area contributed by atoms with Crippen LogP contribution in [0.2, 0.25) is 0 Å². The summed E-state index contributed by atoms with van der Waals surface area (Å²) in [7, 11) is -3.86. The largest absolute Gasteiger partial charge is 0.480 e. The second-order valence-electron chi connectivity index (χ2n) is 3.02. The Kier molecular flexibility index (Phi) is 4.05. The molecule has 0 amide bonds. The number of aliphatic carboxylic acids is 1. The molecule has 1 aromatic rings. The number of aryl methyl sites for hydroxylation is 1. The summed E-state index contributed by atoms with van der Waals surface area (Å²) in [5.41, 5.74) is 0.549. The molecule has 0 aliphatic heterocycles. The Balaban J connectivity index is 2.99. The number of nitrogens with one attached hydrogen (secondary N) is 1. The number of carboxylic acid groups (broad SMARTS) is 1. The highest BCUT2D eigenvalue weighted by molar-refractivity contribution is 9.11. The molecule has 90 valence electrons. The first-order valence-electron chi connectivity index (χ1n) is 4.12. The van der Waals surface area contributed by atoms with Gasteiger partial charge in [-0.3, -0.25) is 4.79 Å². The molecule has 0 bridgehead atoms. The summed E-state index contributed by atoms with van der Waals surface area (Å²) in [4.78, 5) is 14.3. The molecule has 16 heavy (non-hydrogen) atoms. The number of hydrogen-bond acceptors (Lipinski definition) is 5. The van der Waals surface area contributed by atoms with Gasteiger partial charge in [0, 0.05) is 0 Å². The standard InChI is InChI=1S/C7H9BrN2O4S2/c1-3-5(8)15-7(9-3)16(13,14)10-4(2)6(11)12/h4,10H,1-2H3,(H,11,12). The summed E-state index contributed by atoms with van der Waals surface area (Å²) in [6, 6.07) is -1.19. The predicted octanol–water partition coefficient (Wildman–Crippen LogP) is 0.965. The van der Waals surface area contributed by atoms with Crippen molar-refractivity contribution in [2.45, 2.75) is 24.2 Å². The average molecular weight is 329 g/mol. The zero-order chi connectivity index (χ0) is 12.5. The molecular weight excluding hydrogens is 320 g/mol. The second kappa shape index (κ2) is 4.78. The highest BCUT2D eigenvalue weighted by atomic mass is 79.9. The van der Waals surface area contributed by atoms with Crippen LogP contribution >= 0.6 is 27.3 Å². The molecule has 1 unspecified atom stereocenters. The number of aromatic nitrogens is 1. The number of carboxylic acids is 1. The SMILES string of the molecule is Cc1nc(S(=O)(=O)NC(C)C(=O)O)sc1Br. The van der Waals surface area contributed by atoms with Gasteiger partial charge in [0.25, 0.3) is 10.0 Å². The fourth-order valence-corrected chi connectivity index (χ4v) is 3.96. The van der Waals surface area contributed by atoms with Crippen molar-refractivity contribution in [2.75, 3.05) is 0 Å². The first-order chi connectivity index (χ1) is 7.24. The minimum atomic E-state index is -3.86. The van der Waals surface area contributed by atoms with Gasteiger partial charge in [-0.2, -0.15) is 4.72 Å². The van der Waals surface area contributed by atoms with Crippen molar-refractivity contribution in [3.8, 4) is 0 Å². The van der Waals surface area contributed by atoms with E-state index in [0.717, 1.165) is 11.3 Å². The molecule has 2 N–H and O–H groups in total. The molecule has 0 saturated heterocycles.